The van der Waals surface area contributed by atoms with E-state index in [1.54, 1.807) is 36.0 Å². The number of nitro groups is 1. The van der Waals surface area contributed by atoms with Crippen molar-refractivity contribution in [2.75, 3.05) is 32.5 Å². The standard InChI is InChI=1S/C12H16N4O3/c1-13-10-4-3-9(7-11(10)16(18)19)8-15-6-5-14(2)12(15)17/h3-4,7,13H,5-6,8H2,1-2H3. The first kappa shape index (κ1) is 13.1. The topological polar surface area (TPSA) is 78.7 Å². The van der Waals surface area contributed by atoms with E-state index in [1.165, 1.54) is 6.07 Å². The summed E-state index contributed by atoms with van der Waals surface area (Å²) < 4.78 is 0. The largest absolute Gasteiger partial charge is 0.383 e. The van der Waals surface area contributed by atoms with Crippen molar-refractivity contribution in [2.24, 2.45) is 0 Å². The highest BCUT2D eigenvalue weighted by Crippen LogP contribution is 2.26. The molecule has 102 valence electrons. The van der Waals surface area contributed by atoms with E-state index in [0.717, 1.165) is 5.56 Å². The first-order valence-corrected chi connectivity index (χ1v) is 5.98. The number of likely N-dealkylation sites (N-methyl/N-ethyl adjacent to an activating group) is 1. The van der Waals surface area contributed by atoms with Crippen LogP contribution in [-0.4, -0.2) is 47.9 Å². The Hall–Kier alpha value is -2.31. The number of carbonyl (C=O) groups is 1. The van der Waals surface area contributed by atoms with E-state index in [0.29, 0.717) is 25.3 Å². The van der Waals surface area contributed by atoms with Crippen LogP contribution in [0.1, 0.15) is 5.56 Å². The number of nitro benzene ring substituents is 1. The molecule has 0 radical (unpaired) electrons. The summed E-state index contributed by atoms with van der Waals surface area (Å²) >= 11 is 0. The Bertz CT molecular complexity index is 518. The van der Waals surface area contributed by atoms with Crippen LogP contribution in [0.4, 0.5) is 16.2 Å². The number of rotatable bonds is 4. The number of amides is 2. The summed E-state index contributed by atoms with van der Waals surface area (Å²) in [6.07, 6.45) is 0. The predicted molar refractivity (Wildman–Crippen MR) is 71.1 cm³/mol. The lowest BCUT2D eigenvalue weighted by atomic mass is 10.1. The molecule has 2 rings (SSSR count). The molecular formula is C12H16N4O3. The first-order valence-electron chi connectivity index (χ1n) is 5.98. The van der Waals surface area contributed by atoms with Gasteiger partial charge in [0, 0.05) is 39.8 Å². The highest BCUT2D eigenvalue weighted by Gasteiger charge is 2.25. The van der Waals surface area contributed by atoms with Gasteiger partial charge in [0.25, 0.3) is 5.69 Å². The molecule has 1 saturated heterocycles. The third-order valence-corrected chi connectivity index (χ3v) is 3.20. The van der Waals surface area contributed by atoms with E-state index in [-0.39, 0.29) is 11.7 Å². The van der Waals surface area contributed by atoms with E-state index in [1.807, 2.05) is 0 Å². The number of hydrogen-bond donors (Lipinski definition) is 1. The van der Waals surface area contributed by atoms with Crippen molar-refractivity contribution in [3.05, 3.63) is 33.9 Å². The van der Waals surface area contributed by atoms with Crippen LogP contribution in [0.25, 0.3) is 0 Å². The van der Waals surface area contributed by atoms with Crippen molar-refractivity contribution in [1.29, 1.82) is 0 Å². The molecule has 19 heavy (non-hydrogen) atoms. The van der Waals surface area contributed by atoms with Gasteiger partial charge in [0.1, 0.15) is 5.69 Å². The second-order valence-corrected chi connectivity index (χ2v) is 4.48. The van der Waals surface area contributed by atoms with E-state index >= 15 is 0 Å². The van der Waals surface area contributed by atoms with Crippen LogP contribution >= 0.6 is 0 Å². The number of nitrogens with one attached hydrogen (secondary N) is 1. The molecule has 1 aromatic carbocycles. The van der Waals surface area contributed by atoms with Crippen molar-refractivity contribution < 1.29 is 9.72 Å². The fourth-order valence-corrected chi connectivity index (χ4v) is 2.11. The molecule has 1 heterocycles. The Balaban J connectivity index is 2.20. The Morgan fingerprint density at radius 1 is 1.42 bits per heavy atom. The molecule has 0 saturated carbocycles. The molecule has 0 atom stereocenters. The number of nitrogens with zero attached hydrogens (tertiary/aromatic N) is 3. The van der Waals surface area contributed by atoms with Gasteiger partial charge in [0.2, 0.25) is 0 Å². The van der Waals surface area contributed by atoms with Crippen LogP contribution in [-0.2, 0) is 6.54 Å². The summed E-state index contributed by atoms with van der Waals surface area (Å²) in [5.41, 5.74) is 1.26. The van der Waals surface area contributed by atoms with Crippen molar-refractivity contribution in [2.45, 2.75) is 6.54 Å². The number of benzene rings is 1. The van der Waals surface area contributed by atoms with E-state index in [9.17, 15) is 14.9 Å². The molecule has 0 aromatic heterocycles. The number of urea groups is 1. The van der Waals surface area contributed by atoms with E-state index < -0.39 is 4.92 Å². The zero-order valence-electron chi connectivity index (χ0n) is 10.9. The van der Waals surface area contributed by atoms with Gasteiger partial charge in [-0.05, 0) is 11.6 Å². The molecule has 2 amide bonds. The van der Waals surface area contributed by atoms with Crippen LogP contribution in [0.3, 0.4) is 0 Å². The second-order valence-electron chi connectivity index (χ2n) is 4.48. The smallest absolute Gasteiger partial charge is 0.320 e. The monoisotopic (exact) mass is 264 g/mol. The van der Waals surface area contributed by atoms with E-state index in [2.05, 4.69) is 5.32 Å². The predicted octanol–water partition coefficient (Wildman–Crippen LogP) is 1.50. The number of carbonyl (C=O) groups excluding carboxylic acids is 1. The second kappa shape index (κ2) is 5.13. The molecule has 1 aliphatic heterocycles. The zero-order chi connectivity index (χ0) is 14.0. The van der Waals surface area contributed by atoms with Gasteiger partial charge in [0.15, 0.2) is 0 Å². The fraction of sp³-hybridized carbons (Fsp3) is 0.417. The maximum atomic E-state index is 11.8. The van der Waals surface area contributed by atoms with Crippen molar-refractivity contribution in [1.82, 2.24) is 9.80 Å². The molecule has 0 aliphatic carbocycles. The summed E-state index contributed by atoms with van der Waals surface area (Å²) in [5.74, 6) is 0. The first-order chi connectivity index (χ1) is 9.02. The third-order valence-electron chi connectivity index (χ3n) is 3.20. The van der Waals surface area contributed by atoms with Gasteiger partial charge in [-0.2, -0.15) is 0 Å². The minimum absolute atomic E-state index is 0.0278. The molecule has 1 N–H and O–H groups in total. The van der Waals surface area contributed by atoms with E-state index in [4.69, 9.17) is 0 Å². The molecule has 1 fully saturated rings. The van der Waals surface area contributed by atoms with Gasteiger partial charge in [-0.15, -0.1) is 0 Å². The lowest BCUT2D eigenvalue weighted by Crippen LogP contribution is -2.28. The average Bonchev–Trinajstić information content (AvgIpc) is 2.70. The molecule has 1 aliphatic rings. The third kappa shape index (κ3) is 2.59. The zero-order valence-corrected chi connectivity index (χ0v) is 10.9. The molecule has 0 spiro atoms. The van der Waals surface area contributed by atoms with Crippen LogP contribution in [0.5, 0.6) is 0 Å². The SMILES string of the molecule is CNc1ccc(CN2CCN(C)C2=O)cc1[N+](=O)[O-]. The minimum Gasteiger partial charge on any atom is -0.383 e. The minimum atomic E-state index is -0.423. The number of hydrogen-bond acceptors (Lipinski definition) is 4. The molecule has 7 heteroatoms. The summed E-state index contributed by atoms with van der Waals surface area (Å²) in [6.45, 7) is 1.74. The summed E-state index contributed by atoms with van der Waals surface area (Å²) in [5, 5.41) is 13.7. The molecular weight excluding hydrogens is 248 g/mol. The van der Waals surface area contributed by atoms with Crippen molar-refractivity contribution >= 4 is 17.4 Å². The molecule has 0 bridgehead atoms. The van der Waals surface area contributed by atoms with Crippen LogP contribution in [0.15, 0.2) is 18.2 Å². The van der Waals surface area contributed by atoms with Crippen LogP contribution < -0.4 is 5.32 Å². The summed E-state index contributed by atoms with van der Waals surface area (Å²) in [4.78, 5) is 25.6. The molecule has 0 unspecified atom stereocenters. The van der Waals surface area contributed by atoms with Crippen molar-refractivity contribution in [3.8, 4) is 0 Å². The summed E-state index contributed by atoms with van der Waals surface area (Å²) in [7, 11) is 3.38. The maximum Gasteiger partial charge on any atom is 0.320 e. The van der Waals surface area contributed by atoms with Gasteiger partial charge in [-0.3, -0.25) is 10.1 Å². The van der Waals surface area contributed by atoms with Gasteiger partial charge in [-0.1, -0.05) is 6.07 Å². The summed E-state index contributed by atoms with van der Waals surface area (Å²) in [6, 6.07) is 4.93. The highest BCUT2D eigenvalue weighted by molar-refractivity contribution is 5.76. The van der Waals surface area contributed by atoms with Crippen molar-refractivity contribution in [3.63, 3.8) is 0 Å². The normalized spacial score (nSPS) is 14.9. The Kier molecular flexibility index (Phi) is 3.55. The fourth-order valence-electron chi connectivity index (χ4n) is 2.11. The number of anilines is 1. The Morgan fingerprint density at radius 3 is 2.68 bits per heavy atom. The Morgan fingerprint density at radius 2 is 2.16 bits per heavy atom. The lowest BCUT2D eigenvalue weighted by Gasteiger charge is -2.16. The molecule has 7 nitrogen and oxygen atoms in total. The van der Waals surface area contributed by atoms with Gasteiger partial charge < -0.3 is 15.1 Å². The Labute approximate surface area is 110 Å². The van der Waals surface area contributed by atoms with Gasteiger partial charge in [-0.25, -0.2) is 4.79 Å². The quantitative estimate of drug-likeness (QED) is 0.660. The average molecular weight is 264 g/mol. The maximum absolute atomic E-state index is 11.8. The van der Waals surface area contributed by atoms with Gasteiger partial charge >= 0.3 is 6.03 Å². The van der Waals surface area contributed by atoms with Crippen LogP contribution in [0, 0.1) is 10.1 Å². The molecule has 1 aromatic rings. The van der Waals surface area contributed by atoms with Crippen LogP contribution in [0.2, 0.25) is 0 Å². The highest BCUT2D eigenvalue weighted by atomic mass is 16.6. The lowest BCUT2D eigenvalue weighted by molar-refractivity contribution is -0.384. The van der Waals surface area contributed by atoms with Gasteiger partial charge in [0.05, 0.1) is 4.92 Å².